The molecule has 22 heavy (non-hydrogen) atoms. The molecule has 3 N–H and O–H groups in total. The van der Waals surface area contributed by atoms with Gasteiger partial charge in [0.25, 0.3) is 5.79 Å². The highest BCUT2D eigenvalue weighted by molar-refractivity contribution is 7.80. The molecule has 0 amide bonds. The first-order chi connectivity index (χ1) is 10.2. The summed E-state index contributed by atoms with van der Waals surface area (Å²) < 4.78 is 9.94. The smallest absolute Gasteiger partial charge is 0.350 e. The monoisotopic (exact) mass is 340 g/mol. The number of hydrogen-bond donors (Lipinski definition) is 2. The predicted molar refractivity (Wildman–Crippen MR) is 85.3 cm³/mol. The van der Waals surface area contributed by atoms with Crippen LogP contribution in [0.4, 0.5) is 5.69 Å². The molecule has 1 aliphatic heterocycles. The normalized spacial score (nSPS) is 16.6. The van der Waals surface area contributed by atoms with Crippen LogP contribution in [-0.4, -0.2) is 22.7 Å². The van der Waals surface area contributed by atoms with Crippen LogP contribution in [-0.2, 0) is 19.1 Å². The standard InChI is InChI=1S/C14H13ClN2O4S/c1-14(2)20-12(18)9(13(19)21-14)6-17-7-3-4-8(11(16)22)10(15)5-7/h3-6,17H,1-2H3,(H2,16,22). The quantitative estimate of drug-likeness (QED) is 0.377. The van der Waals surface area contributed by atoms with Crippen LogP contribution in [0.5, 0.6) is 0 Å². The van der Waals surface area contributed by atoms with Crippen molar-refractivity contribution in [1.82, 2.24) is 0 Å². The minimum absolute atomic E-state index is 0.177. The lowest BCUT2D eigenvalue weighted by molar-refractivity contribution is -0.222. The molecule has 0 bridgehead atoms. The van der Waals surface area contributed by atoms with Crippen LogP contribution in [0.1, 0.15) is 19.4 Å². The summed E-state index contributed by atoms with van der Waals surface area (Å²) in [6.45, 7) is 2.95. The van der Waals surface area contributed by atoms with Crippen molar-refractivity contribution in [3.63, 3.8) is 0 Å². The summed E-state index contributed by atoms with van der Waals surface area (Å²) in [6.07, 6.45) is 1.20. The number of ether oxygens (including phenoxy) is 2. The molecule has 0 atom stereocenters. The molecule has 8 heteroatoms. The number of carbonyl (C=O) groups excluding carboxylic acids is 2. The van der Waals surface area contributed by atoms with Crippen LogP contribution in [0.25, 0.3) is 0 Å². The summed E-state index contributed by atoms with van der Waals surface area (Å²) in [5, 5.41) is 3.13. The Balaban J connectivity index is 2.18. The summed E-state index contributed by atoms with van der Waals surface area (Å²) in [6, 6.07) is 4.85. The van der Waals surface area contributed by atoms with E-state index >= 15 is 0 Å². The number of esters is 2. The van der Waals surface area contributed by atoms with Crippen molar-refractivity contribution in [3.05, 3.63) is 40.6 Å². The number of rotatable bonds is 3. The van der Waals surface area contributed by atoms with Crippen LogP contribution >= 0.6 is 23.8 Å². The molecule has 0 saturated carbocycles. The number of thiocarbonyl (C=S) groups is 1. The van der Waals surface area contributed by atoms with Gasteiger partial charge in [-0.15, -0.1) is 0 Å². The minimum atomic E-state index is -1.27. The van der Waals surface area contributed by atoms with Crippen LogP contribution in [0.3, 0.4) is 0 Å². The molecular weight excluding hydrogens is 328 g/mol. The molecule has 1 heterocycles. The van der Waals surface area contributed by atoms with Crippen LogP contribution in [0.15, 0.2) is 30.0 Å². The fourth-order valence-corrected chi connectivity index (χ4v) is 2.26. The third-order valence-corrected chi connectivity index (χ3v) is 3.27. The Bertz CT molecular complexity index is 678. The molecule has 6 nitrogen and oxygen atoms in total. The highest BCUT2D eigenvalue weighted by atomic mass is 35.5. The van der Waals surface area contributed by atoms with Gasteiger partial charge < -0.3 is 20.5 Å². The van der Waals surface area contributed by atoms with Crippen molar-refractivity contribution in [3.8, 4) is 0 Å². The number of nitrogens with one attached hydrogen (secondary N) is 1. The van der Waals surface area contributed by atoms with E-state index in [1.165, 1.54) is 20.0 Å². The number of benzene rings is 1. The molecule has 0 radical (unpaired) electrons. The molecule has 1 aromatic carbocycles. The Morgan fingerprint density at radius 1 is 1.32 bits per heavy atom. The number of cyclic esters (lactones) is 2. The predicted octanol–water partition coefficient (Wildman–Crippen LogP) is 2.11. The minimum Gasteiger partial charge on any atom is -0.419 e. The molecule has 1 fully saturated rings. The van der Waals surface area contributed by atoms with E-state index in [9.17, 15) is 9.59 Å². The first kappa shape index (κ1) is 16.3. The molecule has 0 spiro atoms. The number of nitrogens with two attached hydrogens (primary N) is 1. The van der Waals surface area contributed by atoms with Gasteiger partial charge in [-0.25, -0.2) is 9.59 Å². The fourth-order valence-electron chi connectivity index (χ4n) is 1.74. The largest absolute Gasteiger partial charge is 0.419 e. The van der Waals surface area contributed by atoms with E-state index in [-0.39, 0.29) is 10.6 Å². The molecule has 0 unspecified atom stereocenters. The third kappa shape index (κ3) is 3.55. The SMILES string of the molecule is CC1(C)OC(=O)C(=CNc2ccc(C(N)=S)c(Cl)c2)C(=O)O1. The van der Waals surface area contributed by atoms with E-state index in [2.05, 4.69) is 5.32 Å². The lowest BCUT2D eigenvalue weighted by atomic mass is 10.2. The summed E-state index contributed by atoms with van der Waals surface area (Å²) in [5.41, 5.74) is 6.35. The number of anilines is 1. The Morgan fingerprint density at radius 2 is 1.91 bits per heavy atom. The Hall–Kier alpha value is -2.12. The van der Waals surface area contributed by atoms with Crippen molar-refractivity contribution in [1.29, 1.82) is 0 Å². The maximum absolute atomic E-state index is 11.8. The second kappa shape index (κ2) is 5.94. The molecular formula is C14H13ClN2O4S. The van der Waals surface area contributed by atoms with Gasteiger partial charge in [0.05, 0.1) is 5.02 Å². The van der Waals surface area contributed by atoms with Gasteiger partial charge in [0.15, 0.2) is 5.57 Å². The van der Waals surface area contributed by atoms with E-state index < -0.39 is 17.7 Å². The molecule has 0 aliphatic carbocycles. The van der Waals surface area contributed by atoms with Gasteiger partial charge in [0, 0.05) is 31.3 Å². The fraction of sp³-hybridized carbons (Fsp3) is 0.214. The zero-order chi connectivity index (χ0) is 16.5. The van der Waals surface area contributed by atoms with Gasteiger partial charge in [-0.2, -0.15) is 0 Å². The van der Waals surface area contributed by atoms with Gasteiger partial charge in [0.1, 0.15) is 4.99 Å². The summed E-state index contributed by atoms with van der Waals surface area (Å²) >= 11 is 10.9. The lowest BCUT2D eigenvalue weighted by Crippen LogP contribution is -2.42. The molecule has 2 rings (SSSR count). The Morgan fingerprint density at radius 3 is 2.41 bits per heavy atom. The van der Waals surface area contributed by atoms with Crippen molar-refractivity contribution in [2.45, 2.75) is 19.6 Å². The number of halogens is 1. The molecule has 1 saturated heterocycles. The average molecular weight is 341 g/mol. The summed E-state index contributed by atoms with van der Waals surface area (Å²) in [5.74, 6) is -2.80. The maximum Gasteiger partial charge on any atom is 0.350 e. The summed E-state index contributed by atoms with van der Waals surface area (Å²) in [4.78, 5) is 23.7. The Kier molecular flexibility index (Phi) is 4.39. The van der Waals surface area contributed by atoms with Crippen molar-refractivity contribution in [2.75, 3.05) is 5.32 Å². The highest BCUT2D eigenvalue weighted by Gasteiger charge is 2.38. The zero-order valence-electron chi connectivity index (χ0n) is 11.8. The van der Waals surface area contributed by atoms with E-state index in [1.807, 2.05) is 0 Å². The van der Waals surface area contributed by atoms with Gasteiger partial charge >= 0.3 is 11.9 Å². The Labute approximate surface area is 137 Å². The first-order valence-corrected chi connectivity index (χ1v) is 7.01. The van der Waals surface area contributed by atoms with Crippen molar-refractivity contribution < 1.29 is 19.1 Å². The molecule has 0 aromatic heterocycles. The second-order valence-electron chi connectivity index (χ2n) is 4.94. The van der Waals surface area contributed by atoms with Crippen molar-refractivity contribution in [2.24, 2.45) is 5.73 Å². The zero-order valence-corrected chi connectivity index (χ0v) is 13.4. The third-order valence-electron chi connectivity index (χ3n) is 2.73. The van der Waals surface area contributed by atoms with Crippen LogP contribution in [0.2, 0.25) is 5.02 Å². The van der Waals surface area contributed by atoms with Gasteiger partial charge in [0.2, 0.25) is 0 Å². The van der Waals surface area contributed by atoms with Gasteiger partial charge in [-0.3, -0.25) is 0 Å². The maximum atomic E-state index is 11.8. The van der Waals surface area contributed by atoms with Crippen LogP contribution < -0.4 is 11.1 Å². The van der Waals surface area contributed by atoms with Gasteiger partial charge in [-0.05, 0) is 18.2 Å². The van der Waals surface area contributed by atoms with E-state index in [4.69, 9.17) is 39.0 Å². The van der Waals surface area contributed by atoms with E-state index in [0.717, 1.165) is 0 Å². The number of carbonyl (C=O) groups is 2. The topological polar surface area (TPSA) is 90.6 Å². The molecule has 1 aliphatic rings. The first-order valence-electron chi connectivity index (χ1n) is 6.22. The highest BCUT2D eigenvalue weighted by Crippen LogP contribution is 2.24. The lowest BCUT2D eigenvalue weighted by Gasteiger charge is -2.29. The number of hydrogen-bond acceptors (Lipinski definition) is 6. The van der Waals surface area contributed by atoms with E-state index in [1.54, 1.807) is 18.2 Å². The summed E-state index contributed by atoms with van der Waals surface area (Å²) in [7, 11) is 0. The van der Waals surface area contributed by atoms with Crippen molar-refractivity contribution >= 4 is 46.4 Å². The average Bonchev–Trinajstić information content (AvgIpc) is 2.35. The van der Waals surface area contributed by atoms with Gasteiger partial charge in [-0.1, -0.05) is 23.8 Å². The van der Waals surface area contributed by atoms with Crippen LogP contribution in [0, 0.1) is 0 Å². The molecule has 116 valence electrons. The second-order valence-corrected chi connectivity index (χ2v) is 5.79. The van der Waals surface area contributed by atoms with E-state index in [0.29, 0.717) is 16.3 Å². The molecule has 1 aromatic rings.